The molecule has 4 rings (SSSR count). The Morgan fingerprint density at radius 3 is 2.39 bits per heavy atom. The van der Waals surface area contributed by atoms with Crippen molar-refractivity contribution in [2.24, 2.45) is 0 Å². The molecule has 1 fully saturated rings. The van der Waals surface area contributed by atoms with Gasteiger partial charge in [0.2, 0.25) is 10.0 Å². The quantitative estimate of drug-likeness (QED) is 0.488. The fourth-order valence-corrected chi connectivity index (χ4v) is 5.51. The van der Waals surface area contributed by atoms with Gasteiger partial charge in [0, 0.05) is 45.0 Å². The molecule has 0 bridgehead atoms. The van der Waals surface area contributed by atoms with Crippen molar-refractivity contribution in [3.8, 4) is 5.69 Å². The van der Waals surface area contributed by atoms with E-state index in [9.17, 15) is 17.6 Å². The molecule has 1 saturated heterocycles. The number of amides is 2. The summed E-state index contributed by atoms with van der Waals surface area (Å²) in [7, 11) is -3.55. The lowest BCUT2D eigenvalue weighted by Gasteiger charge is -2.34. The Morgan fingerprint density at radius 2 is 1.75 bits per heavy atom. The summed E-state index contributed by atoms with van der Waals surface area (Å²) in [5.74, 6) is 0.215. The summed E-state index contributed by atoms with van der Waals surface area (Å²) in [4.78, 5) is 16.8. The van der Waals surface area contributed by atoms with E-state index in [1.165, 1.54) is 33.3 Å². The van der Waals surface area contributed by atoms with Crippen LogP contribution < -0.4 is 5.32 Å². The van der Waals surface area contributed by atoms with Crippen LogP contribution in [0.2, 0.25) is 0 Å². The van der Waals surface area contributed by atoms with Gasteiger partial charge in [-0.2, -0.15) is 8.99 Å². The molecule has 1 N–H and O–H groups in total. The number of tetrazole rings is 1. The van der Waals surface area contributed by atoms with Gasteiger partial charge >= 0.3 is 6.03 Å². The highest BCUT2D eigenvalue weighted by Crippen LogP contribution is 2.19. The minimum atomic E-state index is -3.55. The summed E-state index contributed by atoms with van der Waals surface area (Å²) in [6.45, 7) is 7.06. The minimum Gasteiger partial charge on any atom is -0.322 e. The number of nitrogens with one attached hydrogen (secondary N) is 1. The van der Waals surface area contributed by atoms with Gasteiger partial charge in [0.1, 0.15) is 5.82 Å². The highest BCUT2D eigenvalue weighted by molar-refractivity contribution is 7.89. The van der Waals surface area contributed by atoms with Crippen LogP contribution in [-0.4, -0.2) is 88.0 Å². The summed E-state index contributed by atoms with van der Waals surface area (Å²) in [5.41, 5.74) is 1.07. The van der Waals surface area contributed by atoms with Crippen molar-refractivity contribution in [1.82, 2.24) is 34.3 Å². The molecule has 0 spiro atoms. The fourth-order valence-electron chi connectivity index (χ4n) is 4.05. The van der Waals surface area contributed by atoms with Crippen molar-refractivity contribution in [3.05, 3.63) is 60.2 Å². The standard InChI is InChI=1S/C23H29FN8O3S/c1-3-31(4-2)36(34,35)21-10-8-19(9-11-21)25-23(33)30-14-12-29(13-15-30)17-22-26-27-28-32(22)20-7-5-6-18(24)16-20/h5-11,16H,3-4,12-15,17H2,1-2H3,(H,25,33). The number of hydrogen-bond acceptors (Lipinski definition) is 7. The maximum absolute atomic E-state index is 13.6. The number of sulfonamides is 1. The highest BCUT2D eigenvalue weighted by Gasteiger charge is 2.24. The molecule has 2 aromatic carbocycles. The minimum absolute atomic E-state index is 0.193. The van der Waals surface area contributed by atoms with Gasteiger partial charge in [-0.05, 0) is 52.9 Å². The van der Waals surface area contributed by atoms with Crippen LogP contribution >= 0.6 is 0 Å². The van der Waals surface area contributed by atoms with Gasteiger partial charge in [-0.1, -0.05) is 19.9 Å². The van der Waals surface area contributed by atoms with E-state index in [0.717, 1.165) is 0 Å². The average Bonchev–Trinajstić information content (AvgIpc) is 3.33. The van der Waals surface area contributed by atoms with Crippen LogP contribution in [0.3, 0.4) is 0 Å². The predicted molar refractivity (Wildman–Crippen MR) is 132 cm³/mol. The van der Waals surface area contributed by atoms with Crippen molar-refractivity contribution < 1.29 is 17.6 Å². The number of nitrogens with zero attached hydrogens (tertiary/aromatic N) is 7. The molecule has 2 heterocycles. The topological polar surface area (TPSA) is 117 Å². The molecule has 192 valence electrons. The summed E-state index contributed by atoms with van der Waals surface area (Å²) in [6.07, 6.45) is 0. The molecular weight excluding hydrogens is 487 g/mol. The van der Waals surface area contributed by atoms with Crippen molar-refractivity contribution in [3.63, 3.8) is 0 Å². The first-order chi connectivity index (χ1) is 17.3. The summed E-state index contributed by atoms with van der Waals surface area (Å²) in [6, 6.07) is 12.0. The molecular formula is C23H29FN8O3S. The van der Waals surface area contributed by atoms with Crippen molar-refractivity contribution >= 4 is 21.7 Å². The lowest BCUT2D eigenvalue weighted by atomic mass is 10.3. The molecule has 1 aliphatic rings. The largest absolute Gasteiger partial charge is 0.322 e. The fraction of sp³-hybridized carbons (Fsp3) is 0.391. The molecule has 0 radical (unpaired) electrons. The van der Waals surface area contributed by atoms with E-state index >= 15 is 0 Å². The Balaban J connectivity index is 1.31. The molecule has 1 aliphatic heterocycles. The second-order valence-corrected chi connectivity index (χ2v) is 10.2. The molecule has 2 amide bonds. The molecule has 0 saturated carbocycles. The molecule has 0 unspecified atom stereocenters. The third kappa shape index (κ3) is 5.69. The Kier molecular flexibility index (Phi) is 7.91. The van der Waals surface area contributed by atoms with E-state index in [1.54, 1.807) is 43.0 Å². The second-order valence-electron chi connectivity index (χ2n) is 8.29. The summed E-state index contributed by atoms with van der Waals surface area (Å²) in [5, 5.41) is 14.6. The molecule has 13 heteroatoms. The maximum atomic E-state index is 13.6. The lowest BCUT2D eigenvalue weighted by Crippen LogP contribution is -2.49. The number of benzene rings is 2. The van der Waals surface area contributed by atoms with E-state index in [2.05, 4.69) is 25.7 Å². The van der Waals surface area contributed by atoms with Crippen LogP contribution in [0.5, 0.6) is 0 Å². The average molecular weight is 517 g/mol. The van der Waals surface area contributed by atoms with E-state index in [1.807, 2.05) is 0 Å². The number of piperazine rings is 1. The molecule has 1 aromatic heterocycles. The molecule has 36 heavy (non-hydrogen) atoms. The van der Waals surface area contributed by atoms with Gasteiger partial charge in [-0.25, -0.2) is 17.6 Å². The van der Waals surface area contributed by atoms with Gasteiger partial charge < -0.3 is 10.2 Å². The number of carbonyl (C=O) groups excluding carboxylic acids is 1. The zero-order valence-corrected chi connectivity index (χ0v) is 21.0. The third-order valence-corrected chi connectivity index (χ3v) is 8.12. The van der Waals surface area contributed by atoms with Gasteiger partial charge in [-0.3, -0.25) is 4.90 Å². The number of aromatic nitrogens is 4. The Hall–Kier alpha value is -3.42. The first-order valence-electron chi connectivity index (χ1n) is 11.7. The first-order valence-corrected chi connectivity index (χ1v) is 13.2. The van der Waals surface area contributed by atoms with E-state index in [4.69, 9.17) is 0 Å². The molecule has 11 nitrogen and oxygen atoms in total. The monoisotopic (exact) mass is 516 g/mol. The summed E-state index contributed by atoms with van der Waals surface area (Å²) < 4.78 is 41.7. The van der Waals surface area contributed by atoms with E-state index in [0.29, 0.717) is 63.0 Å². The Bertz CT molecular complexity index is 1290. The third-order valence-electron chi connectivity index (χ3n) is 6.06. The smallest absolute Gasteiger partial charge is 0.321 e. The SMILES string of the molecule is CCN(CC)S(=O)(=O)c1ccc(NC(=O)N2CCN(Cc3nnnn3-c3cccc(F)c3)CC2)cc1. The number of hydrogen-bond donors (Lipinski definition) is 1. The van der Waals surface area contributed by atoms with E-state index < -0.39 is 10.0 Å². The number of carbonyl (C=O) groups is 1. The molecule has 3 aromatic rings. The zero-order chi connectivity index (χ0) is 25.7. The maximum Gasteiger partial charge on any atom is 0.321 e. The van der Waals surface area contributed by atoms with Crippen LogP contribution in [0, 0.1) is 5.82 Å². The molecule has 0 aliphatic carbocycles. The highest BCUT2D eigenvalue weighted by atomic mass is 32.2. The van der Waals surface area contributed by atoms with Crippen LogP contribution in [0.1, 0.15) is 19.7 Å². The van der Waals surface area contributed by atoms with Crippen LogP contribution in [-0.2, 0) is 16.6 Å². The zero-order valence-electron chi connectivity index (χ0n) is 20.2. The second kappa shape index (κ2) is 11.1. The van der Waals surface area contributed by atoms with Gasteiger partial charge in [0.25, 0.3) is 0 Å². The van der Waals surface area contributed by atoms with Gasteiger partial charge in [0.15, 0.2) is 5.82 Å². The first kappa shape index (κ1) is 25.7. The number of urea groups is 1. The Labute approximate surface area is 209 Å². The van der Waals surface area contributed by atoms with Crippen LogP contribution in [0.15, 0.2) is 53.4 Å². The van der Waals surface area contributed by atoms with Crippen LogP contribution in [0.25, 0.3) is 5.69 Å². The Morgan fingerprint density at radius 1 is 1.06 bits per heavy atom. The lowest BCUT2D eigenvalue weighted by molar-refractivity contribution is 0.140. The van der Waals surface area contributed by atoms with E-state index in [-0.39, 0.29) is 16.7 Å². The normalized spacial score (nSPS) is 14.8. The number of rotatable bonds is 8. The van der Waals surface area contributed by atoms with Crippen molar-refractivity contribution in [2.45, 2.75) is 25.3 Å². The predicted octanol–water partition coefficient (Wildman–Crippen LogP) is 2.18. The van der Waals surface area contributed by atoms with Crippen molar-refractivity contribution in [1.29, 1.82) is 0 Å². The summed E-state index contributed by atoms with van der Waals surface area (Å²) >= 11 is 0. The van der Waals surface area contributed by atoms with Gasteiger partial charge in [-0.15, -0.1) is 5.10 Å². The van der Waals surface area contributed by atoms with Crippen molar-refractivity contribution in [2.75, 3.05) is 44.6 Å². The van der Waals surface area contributed by atoms with Crippen LogP contribution in [0.4, 0.5) is 14.9 Å². The number of halogens is 1. The number of anilines is 1. The van der Waals surface area contributed by atoms with Gasteiger partial charge in [0.05, 0.1) is 17.1 Å². The molecule has 0 atom stereocenters.